The summed E-state index contributed by atoms with van der Waals surface area (Å²) in [5.74, 6) is 0.0817. The lowest BCUT2D eigenvalue weighted by atomic mass is 10.1. The first-order chi connectivity index (χ1) is 8.01. The van der Waals surface area contributed by atoms with Crippen LogP contribution in [0.2, 0.25) is 0 Å². The van der Waals surface area contributed by atoms with E-state index in [0.29, 0.717) is 4.90 Å². The molecule has 0 bridgehead atoms. The van der Waals surface area contributed by atoms with Crippen molar-refractivity contribution < 1.29 is 18.6 Å². The van der Waals surface area contributed by atoms with Crippen LogP contribution in [0.25, 0.3) is 0 Å². The zero-order valence-electron chi connectivity index (χ0n) is 10.00. The minimum Gasteiger partial charge on any atom is -0.400 e. The largest absolute Gasteiger partial charge is 0.400 e. The highest BCUT2D eigenvalue weighted by Gasteiger charge is 2.12. The predicted octanol–water partition coefficient (Wildman–Crippen LogP) is 0.0808. The summed E-state index contributed by atoms with van der Waals surface area (Å²) in [7, 11) is -2.15. The second-order valence-electron chi connectivity index (χ2n) is 3.26. The van der Waals surface area contributed by atoms with Crippen LogP contribution in [0, 0.1) is 0 Å². The molecule has 0 saturated carbocycles. The Morgan fingerprint density at radius 2 is 1.71 bits per heavy atom. The van der Waals surface area contributed by atoms with Crippen LogP contribution in [-0.4, -0.2) is 38.1 Å². The number of nitrogens with two attached hydrogens (primary N) is 1. The average Bonchev–Trinajstić information content (AvgIpc) is 2.40. The van der Waals surface area contributed by atoms with Gasteiger partial charge in [0.2, 0.25) is 0 Å². The van der Waals surface area contributed by atoms with E-state index in [1.165, 1.54) is 12.1 Å². The molecule has 0 radical (unpaired) electrons. The summed E-state index contributed by atoms with van der Waals surface area (Å²) < 4.78 is 22.9. The van der Waals surface area contributed by atoms with Crippen LogP contribution in [0.3, 0.4) is 0 Å². The van der Waals surface area contributed by atoms with E-state index in [1.54, 1.807) is 19.1 Å². The first kappa shape index (κ1) is 16.1. The highest BCUT2D eigenvalue weighted by Crippen LogP contribution is 2.15. The molecule has 1 aromatic carbocycles. The van der Waals surface area contributed by atoms with Crippen LogP contribution >= 0.6 is 0 Å². The SMILES string of the molecule is CCS(=O)(=O)c1ccc([C@@H](N)CO)cc1.CO. The Bertz CT molecular complexity index is 414. The zero-order chi connectivity index (χ0) is 13.5. The van der Waals surface area contributed by atoms with Gasteiger partial charge in [-0.3, -0.25) is 0 Å². The van der Waals surface area contributed by atoms with Crippen molar-refractivity contribution in [2.75, 3.05) is 19.5 Å². The topological polar surface area (TPSA) is 101 Å². The maximum atomic E-state index is 11.5. The van der Waals surface area contributed by atoms with Crippen LogP contribution in [0.5, 0.6) is 0 Å². The van der Waals surface area contributed by atoms with E-state index in [1.807, 2.05) is 0 Å². The Morgan fingerprint density at radius 1 is 1.24 bits per heavy atom. The number of hydrogen-bond donors (Lipinski definition) is 3. The van der Waals surface area contributed by atoms with Crippen molar-refractivity contribution in [2.45, 2.75) is 17.9 Å². The molecule has 6 heteroatoms. The van der Waals surface area contributed by atoms with Crippen molar-refractivity contribution in [1.82, 2.24) is 0 Å². The molecular formula is C11H19NO4S. The van der Waals surface area contributed by atoms with Gasteiger partial charge in [-0.1, -0.05) is 19.1 Å². The summed E-state index contributed by atoms with van der Waals surface area (Å²) in [5, 5.41) is 15.8. The molecule has 0 amide bonds. The van der Waals surface area contributed by atoms with Crippen molar-refractivity contribution in [1.29, 1.82) is 0 Å². The molecule has 0 aliphatic rings. The van der Waals surface area contributed by atoms with Gasteiger partial charge < -0.3 is 15.9 Å². The molecular weight excluding hydrogens is 242 g/mol. The van der Waals surface area contributed by atoms with Gasteiger partial charge in [0.05, 0.1) is 23.3 Å². The number of aliphatic hydroxyl groups excluding tert-OH is 2. The third-order valence-electron chi connectivity index (χ3n) is 2.24. The number of rotatable bonds is 4. The Balaban J connectivity index is 0.00000121. The monoisotopic (exact) mass is 261 g/mol. The van der Waals surface area contributed by atoms with Crippen molar-refractivity contribution in [3.8, 4) is 0 Å². The molecule has 17 heavy (non-hydrogen) atoms. The summed E-state index contributed by atoms with van der Waals surface area (Å²) in [6, 6.07) is 5.84. The molecule has 0 fully saturated rings. The van der Waals surface area contributed by atoms with Crippen LogP contribution < -0.4 is 5.73 Å². The maximum Gasteiger partial charge on any atom is 0.178 e. The number of aliphatic hydroxyl groups is 2. The van der Waals surface area contributed by atoms with Crippen molar-refractivity contribution in [2.24, 2.45) is 5.73 Å². The van der Waals surface area contributed by atoms with E-state index in [-0.39, 0.29) is 12.4 Å². The number of benzene rings is 1. The van der Waals surface area contributed by atoms with Gasteiger partial charge in [-0.25, -0.2) is 8.42 Å². The molecule has 1 rings (SSSR count). The van der Waals surface area contributed by atoms with Gasteiger partial charge in [0, 0.05) is 7.11 Å². The molecule has 0 aromatic heterocycles. The minimum atomic E-state index is -3.15. The fraction of sp³-hybridized carbons (Fsp3) is 0.455. The number of hydrogen-bond acceptors (Lipinski definition) is 5. The van der Waals surface area contributed by atoms with E-state index in [2.05, 4.69) is 0 Å². The molecule has 5 nitrogen and oxygen atoms in total. The van der Waals surface area contributed by atoms with Gasteiger partial charge in [0.25, 0.3) is 0 Å². The lowest BCUT2D eigenvalue weighted by molar-refractivity contribution is 0.268. The Hall–Kier alpha value is -0.950. The van der Waals surface area contributed by atoms with Crippen LogP contribution in [0.15, 0.2) is 29.2 Å². The van der Waals surface area contributed by atoms with E-state index < -0.39 is 15.9 Å². The molecule has 0 unspecified atom stereocenters. The molecule has 98 valence electrons. The molecule has 0 saturated heterocycles. The highest BCUT2D eigenvalue weighted by molar-refractivity contribution is 7.91. The second-order valence-corrected chi connectivity index (χ2v) is 5.54. The van der Waals surface area contributed by atoms with E-state index in [4.69, 9.17) is 15.9 Å². The maximum absolute atomic E-state index is 11.5. The van der Waals surface area contributed by atoms with Gasteiger partial charge in [0.15, 0.2) is 9.84 Å². The first-order valence-electron chi connectivity index (χ1n) is 5.15. The standard InChI is InChI=1S/C10H15NO3S.CH4O/c1-2-15(13,14)9-5-3-8(4-6-9)10(11)7-12;1-2/h3-6,10,12H,2,7,11H2,1H3;2H,1H3/t10-;/m0./s1. The van der Waals surface area contributed by atoms with Crippen LogP contribution in [-0.2, 0) is 9.84 Å². The fourth-order valence-electron chi connectivity index (χ4n) is 1.19. The third kappa shape index (κ3) is 4.43. The highest BCUT2D eigenvalue weighted by atomic mass is 32.2. The van der Waals surface area contributed by atoms with Gasteiger partial charge in [-0.05, 0) is 17.7 Å². The average molecular weight is 261 g/mol. The summed E-state index contributed by atoms with van der Waals surface area (Å²) >= 11 is 0. The Kier molecular flexibility index (Phi) is 6.98. The second kappa shape index (κ2) is 7.39. The molecule has 0 heterocycles. The minimum absolute atomic E-state index is 0.0817. The lowest BCUT2D eigenvalue weighted by Gasteiger charge is -2.09. The fourth-order valence-corrected chi connectivity index (χ4v) is 2.08. The van der Waals surface area contributed by atoms with Gasteiger partial charge in [-0.2, -0.15) is 0 Å². The Labute approximate surface area is 102 Å². The molecule has 1 atom stereocenters. The van der Waals surface area contributed by atoms with E-state index >= 15 is 0 Å². The summed E-state index contributed by atoms with van der Waals surface area (Å²) in [6.07, 6.45) is 0. The molecule has 1 aromatic rings. The summed E-state index contributed by atoms with van der Waals surface area (Å²) in [6.45, 7) is 1.45. The lowest BCUT2D eigenvalue weighted by Crippen LogP contribution is -2.14. The molecule has 0 spiro atoms. The van der Waals surface area contributed by atoms with Gasteiger partial charge in [0.1, 0.15) is 0 Å². The van der Waals surface area contributed by atoms with Crippen molar-refractivity contribution >= 4 is 9.84 Å². The third-order valence-corrected chi connectivity index (χ3v) is 3.99. The number of sulfone groups is 1. The summed E-state index contributed by atoms with van der Waals surface area (Å²) in [5.41, 5.74) is 6.32. The molecule has 0 aliphatic carbocycles. The van der Waals surface area contributed by atoms with E-state index in [9.17, 15) is 8.42 Å². The predicted molar refractivity (Wildman–Crippen MR) is 66.3 cm³/mol. The Morgan fingerprint density at radius 3 is 2.06 bits per heavy atom. The normalized spacial score (nSPS) is 12.5. The smallest absolute Gasteiger partial charge is 0.178 e. The van der Waals surface area contributed by atoms with Gasteiger partial charge >= 0.3 is 0 Å². The molecule has 4 N–H and O–H groups in total. The first-order valence-corrected chi connectivity index (χ1v) is 6.80. The quantitative estimate of drug-likeness (QED) is 0.712. The van der Waals surface area contributed by atoms with E-state index in [0.717, 1.165) is 12.7 Å². The molecule has 0 aliphatic heterocycles. The summed E-state index contributed by atoms with van der Waals surface area (Å²) in [4.78, 5) is 0.291. The van der Waals surface area contributed by atoms with Crippen LogP contribution in [0.1, 0.15) is 18.5 Å². The van der Waals surface area contributed by atoms with Crippen molar-refractivity contribution in [3.05, 3.63) is 29.8 Å². The van der Waals surface area contributed by atoms with Crippen molar-refractivity contribution in [3.63, 3.8) is 0 Å². The van der Waals surface area contributed by atoms with Gasteiger partial charge in [-0.15, -0.1) is 0 Å². The zero-order valence-corrected chi connectivity index (χ0v) is 10.8. The van der Waals surface area contributed by atoms with Crippen LogP contribution in [0.4, 0.5) is 0 Å².